The zero-order valence-corrected chi connectivity index (χ0v) is 24.0. The van der Waals surface area contributed by atoms with Gasteiger partial charge in [0, 0.05) is 39.3 Å². The number of aryl methyl sites for hydroxylation is 2. The predicted octanol–water partition coefficient (Wildman–Crippen LogP) is 4.86. The highest BCUT2D eigenvalue weighted by Crippen LogP contribution is 2.39. The molecule has 0 aliphatic rings. The number of anilines is 1. The van der Waals surface area contributed by atoms with E-state index in [1.54, 1.807) is 44.3 Å². The van der Waals surface area contributed by atoms with E-state index in [1.165, 1.54) is 34.4 Å². The first kappa shape index (κ1) is 30.0. The van der Waals surface area contributed by atoms with Crippen molar-refractivity contribution in [1.82, 2.24) is 24.3 Å². The Morgan fingerprint density at radius 2 is 1.95 bits per heavy atom. The van der Waals surface area contributed by atoms with E-state index in [0.29, 0.717) is 23.2 Å². The van der Waals surface area contributed by atoms with Crippen molar-refractivity contribution in [3.63, 3.8) is 0 Å². The highest BCUT2D eigenvalue weighted by molar-refractivity contribution is 7.89. The van der Waals surface area contributed by atoms with Crippen molar-refractivity contribution in [2.75, 3.05) is 18.9 Å². The molecule has 2 aromatic heterocycles. The van der Waals surface area contributed by atoms with Gasteiger partial charge in [-0.3, -0.25) is 4.79 Å². The molecule has 218 valence electrons. The molecule has 0 unspecified atom stereocenters. The molecular weight excluding hydrogens is 554 g/mol. The molecule has 2 aromatic carbocycles. The Kier molecular flexibility index (Phi) is 8.98. The number of hydrogen-bond acceptors (Lipinski definition) is 7. The molecule has 2 heterocycles. The number of benzene rings is 2. The second-order valence-electron chi connectivity index (χ2n) is 9.82. The van der Waals surface area contributed by atoms with Crippen LogP contribution in [0.3, 0.4) is 0 Å². The number of sulfonamides is 1. The zero-order chi connectivity index (χ0) is 29.9. The lowest BCUT2D eigenvalue weighted by atomic mass is 9.84. The highest BCUT2D eigenvalue weighted by atomic mass is 32.2. The van der Waals surface area contributed by atoms with Crippen LogP contribution in [0.2, 0.25) is 0 Å². The van der Waals surface area contributed by atoms with Gasteiger partial charge in [0.15, 0.2) is 0 Å². The molecule has 0 bridgehead atoms. The van der Waals surface area contributed by atoms with E-state index in [-0.39, 0.29) is 33.9 Å². The molecule has 2 N–H and O–H groups in total. The summed E-state index contributed by atoms with van der Waals surface area (Å²) >= 11 is 0. The van der Waals surface area contributed by atoms with Crippen molar-refractivity contribution in [1.29, 1.82) is 0 Å². The Hall–Kier alpha value is -3.97. The van der Waals surface area contributed by atoms with Gasteiger partial charge in [0.05, 0.1) is 17.5 Å². The number of carboxylic acid groups (broad SMARTS) is 1. The summed E-state index contributed by atoms with van der Waals surface area (Å²) in [5.74, 6) is -1.85. The summed E-state index contributed by atoms with van der Waals surface area (Å²) in [6, 6.07) is 11.2. The van der Waals surface area contributed by atoms with Crippen LogP contribution in [0, 0.1) is 6.92 Å². The molecule has 1 atom stereocenters. The number of hydrogen-bond donors (Lipinski definition) is 2. The molecule has 4 rings (SSSR count). The Bertz CT molecular complexity index is 1680. The molecule has 0 aliphatic carbocycles. The standard InChI is InChI=1S/C28H32F2N6O4S/c1-5-12-31-28-23(7-6-13-32-28)41(39,40)35(3)16-19-14-18(9-8-17(19)2)21(15-24(37)38)20-10-11-22-26(25(20)27(29)30)33-34-36(22)4/h6-11,13-14,21,27H,5,12,15-16H2,1-4H3,(H,31,32)(H,37,38)/t21-/m0/s1. The number of aromatic nitrogens is 4. The summed E-state index contributed by atoms with van der Waals surface area (Å²) in [6.45, 7) is 4.28. The number of rotatable bonds is 12. The molecule has 0 radical (unpaired) electrons. The molecule has 0 spiro atoms. The Labute approximate surface area is 237 Å². The lowest BCUT2D eigenvalue weighted by Crippen LogP contribution is -2.28. The molecule has 0 fully saturated rings. The Balaban J connectivity index is 1.75. The van der Waals surface area contributed by atoms with E-state index in [9.17, 15) is 27.1 Å². The third-order valence-corrected chi connectivity index (χ3v) is 8.83. The Morgan fingerprint density at radius 1 is 1.20 bits per heavy atom. The van der Waals surface area contributed by atoms with Gasteiger partial charge in [0.25, 0.3) is 6.43 Å². The molecule has 0 amide bonds. The van der Waals surface area contributed by atoms with Crippen LogP contribution in [0.5, 0.6) is 0 Å². The van der Waals surface area contributed by atoms with E-state index in [0.717, 1.165) is 12.0 Å². The SMILES string of the molecule is CCCNc1ncccc1S(=O)(=O)N(C)Cc1cc([C@H](CC(=O)O)c2ccc3c(nnn3C)c2C(F)F)ccc1C. The van der Waals surface area contributed by atoms with E-state index in [1.807, 2.05) is 6.92 Å². The molecular formula is C28H32F2N6O4S. The normalized spacial score (nSPS) is 12.8. The van der Waals surface area contributed by atoms with Crippen molar-refractivity contribution in [2.24, 2.45) is 7.05 Å². The number of nitrogens with one attached hydrogen (secondary N) is 1. The molecule has 10 nitrogen and oxygen atoms in total. The summed E-state index contributed by atoms with van der Waals surface area (Å²) in [6.07, 6.45) is -1.08. The topological polar surface area (TPSA) is 130 Å². The summed E-state index contributed by atoms with van der Waals surface area (Å²) in [5, 5.41) is 20.5. The van der Waals surface area contributed by atoms with Gasteiger partial charge in [-0.05, 0) is 53.8 Å². The van der Waals surface area contributed by atoms with Gasteiger partial charge >= 0.3 is 5.97 Å². The maximum absolute atomic E-state index is 14.4. The predicted molar refractivity (Wildman–Crippen MR) is 150 cm³/mol. The second kappa shape index (κ2) is 12.3. The average molecular weight is 587 g/mol. The number of halogens is 2. The van der Waals surface area contributed by atoms with Gasteiger partial charge in [0.2, 0.25) is 10.0 Å². The van der Waals surface area contributed by atoms with Crippen molar-refractivity contribution in [2.45, 2.75) is 50.5 Å². The monoisotopic (exact) mass is 586 g/mol. The van der Waals surface area contributed by atoms with E-state index in [2.05, 4.69) is 20.6 Å². The maximum Gasteiger partial charge on any atom is 0.304 e. The van der Waals surface area contributed by atoms with Crippen LogP contribution in [-0.2, 0) is 28.4 Å². The van der Waals surface area contributed by atoms with Crippen molar-refractivity contribution in [3.05, 3.63) is 76.5 Å². The van der Waals surface area contributed by atoms with Crippen molar-refractivity contribution < 1.29 is 27.1 Å². The zero-order valence-electron chi connectivity index (χ0n) is 23.2. The summed E-state index contributed by atoms with van der Waals surface area (Å²) < 4.78 is 58.4. The lowest BCUT2D eigenvalue weighted by molar-refractivity contribution is -0.137. The van der Waals surface area contributed by atoms with Crippen molar-refractivity contribution in [3.8, 4) is 0 Å². The number of carboxylic acids is 1. The van der Waals surface area contributed by atoms with E-state index < -0.39 is 34.8 Å². The maximum atomic E-state index is 14.4. The highest BCUT2D eigenvalue weighted by Gasteiger charge is 2.29. The van der Waals surface area contributed by atoms with E-state index in [4.69, 9.17) is 0 Å². The molecule has 0 saturated carbocycles. The van der Waals surface area contributed by atoms with Gasteiger partial charge < -0.3 is 10.4 Å². The number of aliphatic carboxylic acids is 1. The third kappa shape index (κ3) is 6.20. The minimum absolute atomic E-state index is 0.0116. The first-order valence-electron chi connectivity index (χ1n) is 13.0. The van der Waals surface area contributed by atoms with Gasteiger partial charge in [-0.15, -0.1) is 5.10 Å². The van der Waals surface area contributed by atoms with Crippen LogP contribution in [0.4, 0.5) is 14.6 Å². The average Bonchev–Trinajstić information content (AvgIpc) is 3.31. The summed E-state index contributed by atoms with van der Waals surface area (Å²) in [5.41, 5.74) is 2.01. The molecule has 0 saturated heterocycles. The summed E-state index contributed by atoms with van der Waals surface area (Å²) in [7, 11) is -0.926. The van der Waals surface area contributed by atoms with Crippen LogP contribution in [0.25, 0.3) is 11.0 Å². The minimum atomic E-state index is -3.96. The second-order valence-corrected chi connectivity index (χ2v) is 11.8. The quantitative estimate of drug-likeness (QED) is 0.241. The van der Waals surface area contributed by atoms with Crippen LogP contribution in [-0.4, -0.2) is 57.4 Å². The van der Waals surface area contributed by atoms with Crippen LogP contribution >= 0.6 is 0 Å². The smallest absolute Gasteiger partial charge is 0.304 e. The number of pyridine rings is 1. The largest absolute Gasteiger partial charge is 0.481 e. The van der Waals surface area contributed by atoms with Crippen LogP contribution in [0.1, 0.15) is 59.9 Å². The van der Waals surface area contributed by atoms with Gasteiger partial charge in [-0.2, -0.15) is 4.31 Å². The van der Waals surface area contributed by atoms with Gasteiger partial charge in [0.1, 0.15) is 16.2 Å². The van der Waals surface area contributed by atoms with Crippen molar-refractivity contribution >= 4 is 32.8 Å². The fourth-order valence-electron chi connectivity index (χ4n) is 4.80. The third-order valence-electron chi connectivity index (χ3n) is 7.00. The lowest BCUT2D eigenvalue weighted by Gasteiger charge is -2.23. The van der Waals surface area contributed by atoms with E-state index >= 15 is 0 Å². The molecule has 41 heavy (non-hydrogen) atoms. The van der Waals surface area contributed by atoms with Gasteiger partial charge in [-0.25, -0.2) is 26.9 Å². The molecule has 0 aliphatic heterocycles. The fraction of sp³-hybridized carbons (Fsp3) is 0.357. The number of fused-ring (bicyclic) bond motifs is 1. The minimum Gasteiger partial charge on any atom is -0.481 e. The van der Waals surface area contributed by atoms with Gasteiger partial charge in [-0.1, -0.05) is 36.4 Å². The van der Waals surface area contributed by atoms with Crippen LogP contribution in [0.15, 0.2) is 53.6 Å². The first-order chi connectivity index (χ1) is 19.4. The fourth-order valence-corrected chi connectivity index (χ4v) is 6.06. The number of carbonyl (C=O) groups is 1. The molecule has 4 aromatic rings. The van der Waals surface area contributed by atoms with Crippen LogP contribution < -0.4 is 5.32 Å². The summed E-state index contributed by atoms with van der Waals surface area (Å²) in [4.78, 5) is 16.1. The number of nitrogens with zero attached hydrogens (tertiary/aromatic N) is 5. The molecule has 13 heteroatoms. The first-order valence-corrected chi connectivity index (χ1v) is 14.5. The number of alkyl halides is 2. The Morgan fingerprint density at radius 3 is 2.63 bits per heavy atom.